The number of hydrogen-bond acceptors (Lipinski definition) is 9. The van der Waals surface area contributed by atoms with Gasteiger partial charge in [0.05, 0.1) is 19.8 Å². The normalized spacial score (nSPS) is 13.3. The highest BCUT2D eigenvalue weighted by Crippen LogP contribution is 2.23. The highest BCUT2D eigenvalue weighted by molar-refractivity contribution is 5.33. The summed E-state index contributed by atoms with van der Waals surface area (Å²) in [7, 11) is 5.01. The first kappa shape index (κ1) is 28.7. The molecule has 0 saturated carbocycles. The minimum Gasteiger partial charge on any atom is -0.491 e. The molecule has 0 N–H and O–H groups in total. The Bertz CT molecular complexity index is 976. The van der Waals surface area contributed by atoms with Crippen molar-refractivity contribution in [3.63, 3.8) is 0 Å². The van der Waals surface area contributed by atoms with E-state index in [2.05, 4.69) is 0 Å². The molecule has 0 spiro atoms. The van der Waals surface area contributed by atoms with E-state index in [0.29, 0.717) is 39.6 Å². The fourth-order valence-corrected chi connectivity index (χ4v) is 4.37. The average Bonchev–Trinajstić information content (AvgIpc) is 2.94. The van der Waals surface area contributed by atoms with Gasteiger partial charge in [0.25, 0.3) is 0 Å². The van der Waals surface area contributed by atoms with Crippen LogP contribution in [0.15, 0.2) is 36.4 Å². The maximum Gasteiger partial charge on any atom is 0.123 e. The van der Waals surface area contributed by atoms with Gasteiger partial charge in [-0.25, -0.2) is 0 Å². The molecule has 1 aliphatic heterocycles. The third kappa shape index (κ3) is 9.45. The summed E-state index contributed by atoms with van der Waals surface area (Å²) in [4.78, 5) is 14.9. The Morgan fingerprint density at radius 1 is 0.410 bits per heavy atom. The molecule has 1 aliphatic rings. The molecule has 0 unspecified atom stereocenters. The summed E-state index contributed by atoms with van der Waals surface area (Å²) in [5.41, 5.74) is 5.80. The number of methoxy groups -OCH3 is 3. The van der Waals surface area contributed by atoms with Crippen LogP contribution in [0.1, 0.15) is 34.2 Å². The second-order valence-corrected chi connectivity index (χ2v) is 9.38. The van der Waals surface area contributed by atoms with Gasteiger partial charge in [-0.15, -0.1) is 0 Å². The number of rotatable bonds is 12. The predicted molar refractivity (Wildman–Crippen MR) is 147 cm³/mol. The molecule has 0 aliphatic carbocycles. The lowest BCUT2D eigenvalue weighted by molar-refractivity contribution is 0.146. The molecular weight excluding hydrogens is 498 g/mol. The number of hydrogen-bond donors (Lipinski definition) is 0. The van der Waals surface area contributed by atoms with Gasteiger partial charge in [0.2, 0.25) is 0 Å². The molecule has 4 heterocycles. The second kappa shape index (κ2) is 15.4. The van der Waals surface area contributed by atoms with E-state index >= 15 is 0 Å². The third-order valence-electron chi connectivity index (χ3n) is 6.30. The van der Waals surface area contributed by atoms with Crippen molar-refractivity contribution in [3.05, 3.63) is 70.6 Å². The highest BCUT2D eigenvalue weighted by atomic mass is 16.5. The molecule has 210 valence electrons. The first-order valence-electron chi connectivity index (χ1n) is 13.5. The molecule has 9 nitrogen and oxygen atoms in total. The molecule has 0 atom stereocenters. The monoisotopic (exact) mass is 537 g/mol. The summed E-state index contributed by atoms with van der Waals surface area (Å²) in [6.45, 7) is 3.03. The van der Waals surface area contributed by atoms with E-state index in [0.717, 1.165) is 89.9 Å². The van der Waals surface area contributed by atoms with Crippen LogP contribution in [0.5, 0.6) is 17.2 Å². The van der Waals surface area contributed by atoms with Crippen molar-refractivity contribution < 1.29 is 28.4 Å². The second-order valence-electron chi connectivity index (χ2n) is 9.38. The standard InChI is InChI=1S/C30H39N3O6/c1-34-10-13-37-28-16-22-4-6-24-18-29(38-14-11-35-2)20-26(32-24)8-9-27-21-30(39-15-12-36-3)19-25(33-27)7-5-23(17-28)31-22/h16-21H,4-15H2,1-3H3. The van der Waals surface area contributed by atoms with Crippen molar-refractivity contribution in [3.8, 4) is 17.2 Å². The Hall–Kier alpha value is -3.27. The van der Waals surface area contributed by atoms with Crippen LogP contribution >= 0.6 is 0 Å². The van der Waals surface area contributed by atoms with E-state index in [1.54, 1.807) is 21.3 Å². The number of nitrogens with zero attached hydrogens (tertiary/aromatic N) is 3. The van der Waals surface area contributed by atoms with Gasteiger partial charge in [0.15, 0.2) is 0 Å². The van der Waals surface area contributed by atoms with Crippen LogP contribution in [-0.2, 0) is 52.7 Å². The van der Waals surface area contributed by atoms with Crippen LogP contribution in [0, 0.1) is 0 Å². The predicted octanol–water partition coefficient (Wildman–Crippen LogP) is 3.62. The van der Waals surface area contributed by atoms with Gasteiger partial charge in [-0.1, -0.05) is 0 Å². The van der Waals surface area contributed by atoms with Crippen LogP contribution in [0.25, 0.3) is 0 Å². The molecule has 0 radical (unpaired) electrons. The fraction of sp³-hybridized carbons (Fsp3) is 0.500. The zero-order valence-electron chi connectivity index (χ0n) is 23.2. The minimum absolute atomic E-state index is 0.483. The van der Waals surface area contributed by atoms with Gasteiger partial charge >= 0.3 is 0 Å². The molecule has 9 heteroatoms. The average molecular weight is 538 g/mol. The molecule has 0 saturated heterocycles. The molecule has 0 aromatic carbocycles. The highest BCUT2D eigenvalue weighted by Gasteiger charge is 2.12. The quantitative estimate of drug-likeness (QED) is 0.321. The summed E-state index contributed by atoms with van der Waals surface area (Å²) in [6, 6.07) is 12.1. The Labute approximate surface area is 230 Å². The van der Waals surface area contributed by atoms with E-state index in [9.17, 15) is 0 Å². The molecule has 39 heavy (non-hydrogen) atoms. The largest absolute Gasteiger partial charge is 0.491 e. The van der Waals surface area contributed by atoms with Crippen LogP contribution in [0.2, 0.25) is 0 Å². The van der Waals surface area contributed by atoms with Crippen LogP contribution in [-0.4, -0.2) is 75.9 Å². The van der Waals surface area contributed by atoms with Crippen LogP contribution in [0.4, 0.5) is 0 Å². The third-order valence-corrected chi connectivity index (χ3v) is 6.30. The van der Waals surface area contributed by atoms with Crippen molar-refractivity contribution in [1.29, 1.82) is 0 Å². The van der Waals surface area contributed by atoms with E-state index < -0.39 is 0 Å². The van der Waals surface area contributed by atoms with E-state index in [4.69, 9.17) is 43.4 Å². The Morgan fingerprint density at radius 2 is 0.641 bits per heavy atom. The zero-order chi connectivity index (χ0) is 27.3. The van der Waals surface area contributed by atoms with Gasteiger partial charge < -0.3 is 28.4 Å². The fourth-order valence-electron chi connectivity index (χ4n) is 4.37. The lowest BCUT2D eigenvalue weighted by atomic mass is 10.1. The smallest absolute Gasteiger partial charge is 0.123 e. The number of aromatic nitrogens is 3. The first-order valence-corrected chi connectivity index (χ1v) is 13.5. The summed E-state index contributed by atoms with van der Waals surface area (Å²) in [5, 5.41) is 0. The van der Waals surface area contributed by atoms with Gasteiger partial charge in [-0.2, -0.15) is 0 Å². The van der Waals surface area contributed by atoms with Gasteiger partial charge in [-0.3, -0.25) is 15.0 Å². The molecular formula is C30H39N3O6. The summed E-state index contributed by atoms with van der Waals surface area (Å²) in [5.74, 6) is 2.39. The van der Waals surface area contributed by atoms with E-state index in [1.807, 2.05) is 36.4 Å². The first-order chi connectivity index (χ1) is 19.1. The van der Waals surface area contributed by atoms with Crippen molar-refractivity contribution >= 4 is 0 Å². The maximum absolute atomic E-state index is 5.97. The molecule has 0 amide bonds. The topological polar surface area (TPSA) is 94.1 Å². The Balaban J connectivity index is 1.66. The van der Waals surface area contributed by atoms with Gasteiger partial charge in [0, 0.05) is 91.9 Å². The zero-order valence-corrected chi connectivity index (χ0v) is 23.2. The molecule has 6 bridgehead atoms. The Kier molecular flexibility index (Phi) is 11.3. The number of pyridine rings is 3. The van der Waals surface area contributed by atoms with Crippen molar-refractivity contribution in [2.45, 2.75) is 38.5 Å². The number of aryl methyl sites for hydroxylation is 6. The van der Waals surface area contributed by atoms with Crippen molar-refractivity contribution in [1.82, 2.24) is 15.0 Å². The van der Waals surface area contributed by atoms with Gasteiger partial charge in [0.1, 0.15) is 37.1 Å². The summed E-state index contributed by atoms with van der Waals surface area (Å²) in [6.07, 6.45) is 4.45. The lowest BCUT2D eigenvalue weighted by Crippen LogP contribution is -2.08. The minimum atomic E-state index is 0.483. The van der Waals surface area contributed by atoms with Gasteiger partial charge in [-0.05, 0) is 38.5 Å². The van der Waals surface area contributed by atoms with Crippen LogP contribution < -0.4 is 14.2 Å². The lowest BCUT2D eigenvalue weighted by Gasteiger charge is -2.12. The summed E-state index contributed by atoms with van der Waals surface area (Å²) >= 11 is 0. The SMILES string of the molecule is COCCOc1cc2nc(c1)CCc1cc(OCCOC)cc(n1)CCc1cc(OCCOC)cc(n1)CC2. The van der Waals surface area contributed by atoms with E-state index in [-0.39, 0.29) is 0 Å². The Morgan fingerprint density at radius 3 is 0.846 bits per heavy atom. The van der Waals surface area contributed by atoms with Crippen LogP contribution in [0.3, 0.4) is 0 Å². The maximum atomic E-state index is 5.97. The van der Waals surface area contributed by atoms with E-state index in [1.165, 1.54) is 0 Å². The molecule has 4 rings (SSSR count). The molecule has 3 aromatic heterocycles. The molecule has 0 fully saturated rings. The number of fused-ring (bicyclic) bond motifs is 6. The van der Waals surface area contributed by atoms with Crippen molar-refractivity contribution in [2.24, 2.45) is 0 Å². The van der Waals surface area contributed by atoms with Crippen molar-refractivity contribution in [2.75, 3.05) is 61.0 Å². The summed E-state index contributed by atoms with van der Waals surface area (Å²) < 4.78 is 33.4. The number of ether oxygens (including phenoxy) is 6. The molecule has 3 aromatic rings.